The minimum atomic E-state index is -3.58. The van der Waals surface area contributed by atoms with Crippen LogP contribution in [0.5, 0.6) is 0 Å². The van der Waals surface area contributed by atoms with Crippen LogP contribution in [0.4, 0.5) is 5.69 Å². The van der Waals surface area contributed by atoms with Crippen molar-refractivity contribution in [3.8, 4) is 0 Å². The SMILES string of the molecule is CC(C)(C(=O)Nc1ccc2oc(C(=O)O)cc2c1)S(C)(=O)=O. The molecule has 0 atom stereocenters. The number of aromatic carboxylic acids is 1. The van der Waals surface area contributed by atoms with Gasteiger partial charge in [0.25, 0.3) is 0 Å². The van der Waals surface area contributed by atoms with Crippen LogP contribution < -0.4 is 5.32 Å². The Labute approximate surface area is 126 Å². The first-order valence-corrected chi connectivity index (χ1v) is 8.19. The standard InChI is InChI=1S/C14H15NO6S/c1-14(2,22(3,19)20)13(18)15-9-4-5-10-8(6-9)7-11(21-10)12(16)17/h4-7H,1-3H3,(H,15,18)(H,16,17). The van der Waals surface area contributed by atoms with Crippen LogP contribution in [-0.4, -0.2) is 36.4 Å². The third-order valence-corrected chi connectivity index (χ3v) is 5.50. The maximum Gasteiger partial charge on any atom is 0.371 e. The molecule has 0 bridgehead atoms. The van der Waals surface area contributed by atoms with Gasteiger partial charge >= 0.3 is 5.97 Å². The summed E-state index contributed by atoms with van der Waals surface area (Å²) in [6, 6.07) is 5.86. The van der Waals surface area contributed by atoms with Crippen molar-refractivity contribution < 1.29 is 27.5 Å². The third kappa shape index (κ3) is 2.82. The molecule has 0 aliphatic rings. The molecule has 1 heterocycles. The number of carboxylic acid groups (broad SMARTS) is 1. The van der Waals surface area contributed by atoms with Crippen LogP contribution in [0.1, 0.15) is 24.4 Å². The lowest BCUT2D eigenvalue weighted by molar-refractivity contribution is -0.117. The van der Waals surface area contributed by atoms with E-state index < -0.39 is 26.5 Å². The van der Waals surface area contributed by atoms with Gasteiger partial charge < -0.3 is 14.8 Å². The number of benzene rings is 1. The molecule has 0 fully saturated rings. The molecule has 8 heteroatoms. The zero-order chi connectivity index (χ0) is 16.7. The molecule has 0 saturated carbocycles. The molecule has 1 aromatic carbocycles. The first kappa shape index (κ1) is 16.0. The van der Waals surface area contributed by atoms with Gasteiger partial charge in [-0.3, -0.25) is 4.79 Å². The Morgan fingerprint density at radius 3 is 2.41 bits per heavy atom. The summed E-state index contributed by atoms with van der Waals surface area (Å²) in [6.45, 7) is 2.63. The van der Waals surface area contributed by atoms with Gasteiger partial charge in [-0.1, -0.05) is 0 Å². The molecule has 0 saturated heterocycles. The van der Waals surface area contributed by atoms with Crippen LogP contribution in [0.25, 0.3) is 11.0 Å². The summed E-state index contributed by atoms with van der Waals surface area (Å²) < 4.78 is 26.8. The Hall–Kier alpha value is -2.35. The Balaban J connectivity index is 2.33. The second-order valence-corrected chi connectivity index (χ2v) is 7.97. The van der Waals surface area contributed by atoms with Crippen molar-refractivity contribution in [3.63, 3.8) is 0 Å². The average molecular weight is 325 g/mol. The number of rotatable bonds is 4. The van der Waals surface area contributed by atoms with E-state index in [1.165, 1.54) is 38.1 Å². The Kier molecular flexibility index (Phi) is 3.74. The highest BCUT2D eigenvalue weighted by Crippen LogP contribution is 2.24. The molecule has 0 unspecified atom stereocenters. The van der Waals surface area contributed by atoms with Crippen LogP contribution in [0.2, 0.25) is 0 Å². The number of hydrogen-bond acceptors (Lipinski definition) is 5. The van der Waals surface area contributed by atoms with Crippen LogP contribution >= 0.6 is 0 Å². The zero-order valence-corrected chi connectivity index (χ0v) is 13.0. The molecule has 2 aromatic rings. The number of amides is 1. The van der Waals surface area contributed by atoms with Gasteiger partial charge in [0.2, 0.25) is 11.7 Å². The predicted octanol–water partition coefficient (Wildman–Crippen LogP) is 1.89. The molecule has 7 nitrogen and oxygen atoms in total. The molecular formula is C14H15NO6S. The van der Waals surface area contributed by atoms with Crippen molar-refractivity contribution in [2.75, 3.05) is 11.6 Å². The van der Waals surface area contributed by atoms with Crippen LogP contribution in [0.3, 0.4) is 0 Å². The van der Waals surface area contributed by atoms with E-state index in [9.17, 15) is 18.0 Å². The Bertz CT molecular complexity index is 863. The lowest BCUT2D eigenvalue weighted by atomic mass is 10.1. The van der Waals surface area contributed by atoms with Gasteiger partial charge in [-0.15, -0.1) is 0 Å². The fourth-order valence-corrected chi connectivity index (χ4v) is 2.06. The van der Waals surface area contributed by atoms with Gasteiger partial charge in [0.15, 0.2) is 9.84 Å². The molecular weight excluding hydrogens is 310 g/mol. The van der Waals surface area contributed by atoms with E-state index in [1.807, 2.05) is 0 Å². The van der Waals surface area contributed by atoms with Gasteiger partial charge in [-0.25, -0.2) is 13.2 Å². The Morgan fingerprint density at radius 2 is 1.86 bits per heavy atom. The quantitative estimate of drug-likeness (QED) is 0.887. The number of carboxylic acids is 1. The second-order valence-electron chi connectivity index (χ2n) is 5.41. The van der Waals surface area contributed by atoms with E-state index in [0.29, 0.717) is 16.7 Å². The topological polar surface area (TPSA) is 114 Å². The number of furan rings is 1. The summed E-state index contributed by atoms with van der Waals surface area (Å²) >= 11 is 0. The molecule has 2 N–H and O–H groups in total. The van der Waals surface area contributed by atoms with Crippen molar-refractivity contribution in [2.45, 2.75) is 18.6 Å². The fraction of sp³-hybridized carbons (Fsp3) is 0.286. The maximum atomic E-state index is 12.1. The van der Waals surface area contributed by atoms with Crippen molar-refractivity contribution >= 4 is 38.4 Å². The van der Waals surface area contributed by atoms with E-state index in [-0.39, 0.29) is 5.76 Å². The lowest BCUT2D eigenvalue weighted by Crippen LogP contribution is -2.43. The van der Waals surface area contributed by atoms with Crippen molar-refractivity contribution in [3.05, 3.63) is 30.0 Å². The molecule has 0 aliphatic carbocycles. The molecule has 22 heavy (non-hydrogen) atoms. The van der Waals surface area contributed by atoms with E-state index in [2.05, 4.69) is 5.32 Å². The van der Waals surface area contributed by atoms with Crippen molar-refractivity contribution in [1.29, 1.82) is 0 Å². The summed E-state index contributed by atoms with van der Waals surface area (Å²) in [4.78, 5) is 23.0. The van der Waals surface area contributed by atoms with Gasteiger partial charge in [0.05, 0.1) is 0 Å². The van der Waals surface area contributed by atoms with E-state index >= 15 is 0 Å². The summed E-state index contributed by atoms with van der Waals surface area (Å²) in [5.41, 5.74) is 0.713. The highest BCUT2D eigenvalue weighted by molar-refractivity contribution is 7.92. The summed E-state index contributed by atoms with van der Waals surface area (Å²) in [6.07, 6.45) is 0.991. The van der Waals surface area contributed by atoms with Gasteiger partial charge in [0, 0.05) is 17.3 Å². The smallest absolute Gasteiger partial charge is 0.371 e. The molecule has 0 aliphatic heterocycles. The van der Waals surface area contributed by atoms with Gasteiger partial charge in [-0.2, -0.15) is 0 Å². The molecule has 2 rings (SSSR count). The first-order valence-electron chi connectivity index (χ1n) is 6.30. The number of sulfone groups is 1. The highest BCUT2D eigenvalue weighted by atomic mass is 32.2. The van der Waals surface area contributed by atoms with Gasteiger partial charge in [-0.05, 0) is 38.1 Å². The number of nitrogens with one attached hydrogen (secondary N) is 1. The molecule has 0 spiro atoms. The lowest BCUT2D eigenvalue weighted by Gasteiger charge is -2.21. The first-order chi connectivity index (χ1) is 10.0. The largest absolute Gasteiger partial charge is 0.475 e. The average Bonchev–Trinajstić information content (AvgIpc) is 2.80. The zero-order valence-electron chi connectivity index (χ0n) is 12.2. The highest BCUT2D eigenvalue weighted by Gasteiger charge is 2.38. The number of carbonyl (C=O) groups is 2. The molecule has 1 amide bonds. The van der Waals surface area contributed by atoms with E-state index in [1.54, 1.807) is 0 Å². The normalized spacial score (nSPS) is 12.3. The van der Waals surface area contributed by atoms with Crippen LogP contribution in [0.15, 0.2) is 28.7 Å². The summed E-state index contributed by atoms with van der Waals surface area (Å²) in [5, 5.41) is 11.9. The maximum absolute atomic E-state index is 12.1. The molecule has 0 radical (unpaired) electrons. The van der Waals surface area contributed by atoms with E-state index in [4.69, 9.17) is 9.52 Å². The monoisotopic (exact) mass is 325 g/mol. The fourth-order valence-electron chi connectivity index (χ4n) is 1.68. The number of hydrogen-bond donors (Lipinski definition) is 2. The molecule has 1 aromatic heterocycles. The minimum Gasteiger partial charge on any atom is -0.475 e. The van der Waals surface area contributed by atoms with Crippen LogP contribution in [-0.2, 0) is 14.6 Å². The number of carbonyl (C=O) groups excluding carboxylic acids is 1. The van der Waals surface area contributed by atoms with Crippen molar-refractivity contribution in [2.24, 2.45) is 0 Å². The van der Waals surface area contributed by atoms with Gasteiger partial charge in [0.1, 0.15) is 10.3 Å². The number of fused-ring (bicyclic) bond motifs is 1. The minimum absolute atomic E-state index is 0.213. The van der Waals surface area contributed by atoms with E-state index in [0.717, 1.165) is 6.26 Å². The molecule has 118 valence electrons. The number of anilines is 1. The summed E-state index contributed by atoms with van der Waals surface area (Å²) in [7, 11) is -3.58. The van der Waals surface area contributed by atoms with Crippen LogP contribution in [0, 0.1) is 0 Å². The Morgan fingerprint density at radius 1 is 1.23 bits per heavy atom. The predicted molar refractivity (Wildman–Crippen MR) is 80.7 cm³/mol. The summed E-state index contributed by atoms with van der Waals surface area (Å²) in [5.74, 6) is -2.08. The third-order valence-electron chi connectivity index (χ3n) is 3.46. The second kappa shape index (κ2) is 5.13. The van der Waals surface area contributed by atoms with Crippen molar-refractivity contribution in [1.82, 2.24) is 0 Å².